The molecule has 0 bridgehead atoms. The van der Waals surface area contributed by atoms with Crippen LogP contribution in [0.4, 0.5) is 5.69 Å². The lowest BCUT2D eigenvalue weighted by Crippen LogP contribution is -2.48. The predicted octanol–water partition coefficient (Wildman–Crippen LogP) is 3.12. The number of anilines is 1. The first-order chi connectivity index (χ1) is 15.5. The number of hydrogen-bond acceptors (Lipinski definition) is 7. The van der Waals surface area contributed by atoms with E-state index in [-0.39, 0.29) is 5.91 Å². The van der Waals surface area contributed by atoms with Crippen molar-refractivity contribution in [3.8, 4) is 11.4 Å². The Bertz CT molecular complexity index is 1060. The Labute approximate surface area is 192 Å². The summed E-state index contributed by atoms with van der Waals surface area (Å²) in [6.07, 6.45) is 0.465. The van der Waals surface area contributed by atoms with E-state index in [4.69, 9.17) is 4.74 Å². The molecule has 1 saturated heterocycles. The van der Waals surface area contributed by atoms with Crippen molar-refractivity contribution in [2.45, 2.75) is 25.4 Å². The molecule has 1 amide bonds. The van der Waals surface area contributed by atoms with Gasteiger partial charge in [0.15, 0.2) is 0 Å². The van der Waals surface area contributed by atoms with Gasteiger partial charge in [-0.05, 0) is 71.8 Å². The second-order valence-electron chi connectivity index (χ2n) is 7.81. The first kappa shape index (κ1) is 22.1. The quantitative estimate of drug-likeness (QED) is 0.510. The standard InChI is InChI=1S/C23H28N6O2S/c1-17-4-5-20(16-18(17)2)29-23(24-25-26-29)32-15-10-22(30)28-13-11-27(12-14-28)19-6-8-21(31-3)9-7-19/h4-9,16H,10-15H2,1-3H3. The van der Waals surface area contributed by atoms with Crippen LogP contribution in [-0.4, -0.2) is 70.1 Å². The Kier molecular flexibility index (Phi) is 6.94. The molecule has 0 saturated carbocycles. The molecule has 32 heavy (non-hydrogen) atoms. The van der Waals surface area contributed by atoms with E-state index in [0.29, 0.717) is 17.3 Å². The van der Waals surface area contributed by atoms with Crippen LogP contribution in [-0.2, 0) is 4.79 Å². The van der Waals surface area contributed by atoms with E-state index < -0.39 is 0 Å². The Hall–Kier alpha value is -3.07. The number of carbonyl (C=O) groups is 1. The van der Waals surface area contributed by atoms with Crippen LogP contribution in [0.25, 0.3) is 5.69 Å². The summed E-state index contributed by atoms with van der Waals surface area (Å²) in [6, 6.07) is 14.2. The summed E-state index contributed by atoms with van der Waals surface area (Å²) in [5, 5.41) is 12.8. The number of rotatable bonds is 7. The smallest absolute Gasteiger partial charge is 0.223 e. The average Bonchev–Trinajstić information content (AvgIpc) is 3.29. The first-order valence-corrected chi connectivity index (χ1v) is 11.7. The summed E-state index contributed by atoms with van der Waals surface area (Å²) in [6.45, 7) is 7.28. The topological polar surface area (TPSA) is 76.4 Å². The second kappa shape index (κ2) is 10.0. The average molecular weight is 453 g/mol. The second-order valence-corrected chi connectivity index (χ2v) is 8.87. The van der Waals surface area contributed by atoms with Gasteiger partial charge in [0, 0.05) is 44.0 Å². The van der Waals surface area contributed by atoms with E-state index in [1.807, 2.05) is 23.1 Å². The Morgan fingerprint density at radius 2 is 1.72 bits per heavy atom. The Morgan fingerprint density at radius 1 is 1.00 bits per heavy atom. The number of methoxy groups -OCH3 is 1. The number of thioether (sulfide) groups is 1. The molecule has 1 aliphatic heterocycles. The summed E-state index contributed by atoms with van der Waals surface area (Å²) < 4.78 is 6.96. The molecule has 2 heterocycles. The largest absolute Gasteiger partial charge is 0.497 e. The first-order valence-electron chi connectivity index (χ1n) is 10.7. The van der Waals surface area contributed by atoms with Gasteiger partial charge in [-0.1, -0.05) is 17.8 Å². The highest BCUT2D eigenvalue weighted by Gasteiger charge is 2.21. The van der Waals surface area contributed by atoms with Gasteiger partial charge in [-0.2, -0.15) is 4.68 Å². The fourth-order valence-electron chi connectivity index (χ4n) is 3.68. The number of ether oxygens (including phenoxy) is 1. The molecule has 8 nitrogen and oxygen atoms in total. The molecule has 2 aromatic carbocycles. The van der Waals surface area contributed by atoms with E-state index in [0.717, 1.165) is 43.3 Å². The molecule has 168 valence electrons. The lowest BCUT2D eigenvalue weighted by Gasteiger charge is -2.36. The van der Waals surface area contributed by atoms with E-state index in [9.17, 15) is 4.79 Å². The zero-order chi connectivity index (χ0) is 22.5. The molecule has 0 spiro atoms. The van der Waals surface area contributed by atoms with Crippen molar-refractivity contribution < 1.29 is 9.53 Å². The Morgan fingerprint density at radius 3 is 2.41 bits per heavy atom. The molecule has 0 unspecified atom stereocenters. The number of amides is 1. The van der Waals surface area contributed by atoms with E-state index in [1.165, 1.54) is 22.9 Å². The van der Waals surface area contributed by atoms with Crippen LogP contribution in [0, 0.1) is 13.8 Å². The molecule has 1 fully saturated rings. The molecule has 9 heteroatoms. The molecule has 1 aliphatic rings. The number of benzene rings is 2. The highest BCUT2D eigenvalue weighted by molar-refractivity contribution is 7.99. The van der Waals surface area contributed by atoms with Crippen molar-refractivity contribution in [2.24, 2.45) is 0 Å². The highest BCUT2D eigenvalue weighted by atomic mass is 32.2. The van der Waals surface area contributed by atoms with Gasteiger partial charge >= 0.3 is 0 Å². The zero-order valence-electron chi connectivity index (χ0n) is 18.7. The molecule has 3 aromatic rings. The lowest BCUT2D eigenvalue weighted by molar-refractivity contribution is -0.131. The van der Waals surface area contributed by atoms with Crippen LogP contribution >= 0.6 is 11.8 Å². The molecule has 4 rings (SSSR count). The van der Waals surface area contributed by atoms with Gasteiger partial charge < -0.3 is 14.5 Å². The maximum atomic E-state index is 12.7. The van der Waals surface area contributed by atoms with E-state index >= 15 is 0 Å². The number of nitrogens with zero attached hydrogens (tertiary/aromatic N) is 6. The number of hydrogen-bond donors (Lipinski definition) is 0. The summed E-state index contributed by atoms with van der Waals surface area (Å²) >= 11 is 1.51. The molecular formula is C23H28N6O2S. The van der Waals surface area contributed by atoms with Gasteiger partial charge in [-0.25, -0.2) is 0 Å². The molecule has 0 aliphatic carbocycles. The third-order valence-electron chi connectivity index (χ3n) is 5.79. The fraction of sp³-hybridized carbons (Fsp3) is 0.391. The van der Waals surface area contributed by atoms with Gasteiger partial charge in [0.25, 0.3) is 0 Å². The van der Waals surface area contributed by atoms with Gasteiger partial charge in [0.05, 0.1) is 12.8 Å². The third-order valence-corrected chi connectivity index (χ3v) is 6.71. The molecule has 1 aromatic heterocycles. The maximum Gasteiger partial charge on any atom is 0.223 e. The van der Waals surface area contributed by atoms with Crippen LogP contribution < -0.4 is 9.64 Å². The summed E-state index contributed by atoms with van der Waals surface area (Å²) in [4.78, 5) is 17.0. The van der Waals surface area contributed by atoms with Gasteiger partial charge in [-0.15, -0.1) is 5.10 Å². The zero-order valence-corrected chi connectivity index (χ0v) is 19.5. The number of tetrazole rings is 1. The number of aromatic nitrogens is 4. The van der Waals surface area contributed by atoms with Crippen LogP contribution in [0.15, 0.2) is 47.6 Å². The summed E-state index contributed by atoms with van der Waals surface area (Å²) in [7, 11) is 1.67. The lowest BCUT2D eigenvalue weighted by atomic mass is 10.1. The minimum Gasteiger partial charge on any atom is -0.497 e. The van der Waals surface area contributed by atoms with E-state index in [2.05, 4.69) is 58.5 Å². The minimum absolute atomic E-state index is 0.178. The monoisotopic (exact) mass is 452 g/mol. The fourth-order valence-corrected chi connectivity index (χ4v) is 4.50. The molecule has 0 radical (unpaired) electrons. The SMILES string of the molecule is COc1ccc(N2CCN(C(=O)CCSc3nnnn3-c3ccc(C)c(C)c3)CC2)cc1. The van der Waals surface area contributed by atoms with Crippen LogP contribution in [0.2, 0.25) is 0 Å². The van der Waals surface area contributed by atoms with Gasteiger partial charge in [0.2, 0.25) is 11.1 Å². The maximum absolute atomic E-state index is 12.7. The highest BCUT2D eigenvalue weighted by Crippen LogP contribution is 2.23. The third kappa shape index (κ3) is 5.04. The number of aryl methyl sites for hydroxylation is 2. The van der Waals surface area contributed by atoms with Crippen molar-refractivity contribution in [1.29, 1.82) is 0 Å². The van der Waals surface area contributed by atoms with E-state index in [1.54, 1.807) is 11.8 Å². The molecule has 0 N–H and O–H groups in total. The summed E-state index contributed by atoms with van der Waals surface area (Å²) in [5.41, 5.74) is 4.51. The van der Waals surface area contributed by atoms with Crippen molar-refractivity contribution in [2.75, 3.05) is 43.9 Å². The molecule has 0 atom stereocenters. The van der Waals surface area contributed by atoms with Crippen molar-refractivity contribution in [3.05, 3.63) is 53.6 Å². The Balaban J connectivity index is 1.26. The number of piperazine rings is 1. The van der Waals surface area contributed by atoms with Gasteiger partial charge in [-0.3, -0.25) is 4.79 Å². The number of carbonyl (C=O) groups excluding carboxylic acids is 1. The van der Waals surface area contributed by atoms with Gasteiger partial charge in [0.1, 0.15) is 5.75 Å². The van der Waals surface area contributed by atoms with Crippen LogP contribution in [0.3, 0.4) is 0 Å². The van der Waals surface area contributed by atoms with Crippen molar-refractivity contribution in [3.63, 3.8) is 0 Å². The normalized spacial score (nSPS) is 14.0. The predicted molar refractivity (Wildman–Crippen MR) is 126 cm³/mol. The van der Waals surface area contributed by atoms with Crippen molar-refractivity contribution in [1.82, 2.24) is 25.1 Å². The molecular weight excluding hydrogens is 424 g/mol. The van der Waals surface area contributed by atoms with Crippen molar-refractivity contribution >= 4 is 23.4 Å². The van der Waals surface area contributed by atoms with Crippen LogP contribution in [0.1, 0.15) is 17.5 Å². The van der Waals surface area contributed by atoms with Crippen LogP contribution in [0.5, 0.6) is 5.75 Å². The summed E-state index contributed by atoms with van der Waals surface area (Å²) in [5.74, 6) is 1.67. The minimum atomic E-state index is 0.178.